The Labute approximate surface area is 172 Å². The molecule has 1 atom stereocenters. The van der Waals surface area contributed by atoms with Crippen molar-refractivity contribution in [1.29, 1.82) is 0 Å². The van der Waals surface area contributed by atoms with Gasteiger partial charge in [-0.25, -0.2) is 0 Å². The molecule has 0 nitrogen and oxygen atoms in total. The first-order chi connectivity index (χ1) is 13.3. The fourth-order valence-corrected chi connectivity index (χ4v) is 11.7. The molecule has 2 heteroatoms. The average molecular weight is 438 g/mol. The zero-order valence-corrected chi connectivity index (χ0v) is 18.2. The molecule has 3 aromatic rings. The van der Waals surface area contributed by atoms with Crippen LogP contribution in [0.15, 0.2) is 91.0 Å². The van der Waals surface area contributed by atoms with E-state index in [9.17, 15) is 0 Å². The minimum atomic E-state index is -1.78. The Morgan fingerprint density at radius 2 is 1.04 bits per heavy atom. The molecule has 0 heterocycles. The highest BCUT2D eigenvalue weighted by atomic mass is 79.9. The van der Waals surface area contributed by atoms with Crippen molar-refractivity contribution in [2.45, 2.75) is 36.7 Å². The van der Waals surface area contributed by atoms with Crippen molar-refractivity contribution in [1.82, 2.24) is 0 Å². The molecule has 4 rings (SSSR count). The third-order valence-corrected chi connectivity index (χ3v) is 12.5. The van der Waals surface area contributed by atoms with E-state index in [4.69, 9.17) is 0 Å². The van der Waals surface area contributed by atoms with Crippen LogP contribution in [0.2, 0.25) is 0 Å². The van der Waals surface area contributed by atoms with E-state index in [1.807, 2.05) is 0 Å². The Bertz CT molecular complexity index is 729. The third-order valence-electron chi connectivity index (χ3n) is 5.91. The highest BCUT2D eigenvalue weighted by Gasteiger charge is 2.51. The van der Waals surface area contributed by atoms with Crippen molar-refractivity contribution in [3.8, 4) is 0 Å². The van der Waals surface area contributed by atoms with Crippen LogP contribution in [0.25, 0.3) is 0 Å². The van der Waals surface area contributed by atoms with Crippen LogP contribution in [0.3, 0.4) is 0 Å². The second kappa shape index (κ2) is 8.72. The Hall–Kier alpha value is -1.43. The van der Waals surface area contributed by atoms with E-state index in [0.717, 1.165) is 5.92 Å². The van der Waals surface area contributed by atoms with Gasteiger partial charge in [-0.05, 0) is 64.7 Å². The highest BCUT2D eigenvalue weighted by molar-refractivity contribution is 9.11. The summed E-state index contributed by atoms with van der Waals surface area (Å²) >= 11 is 4.27. The van der Waals surface area contributed by atoms with Gasteiger partial charge in [0.05, 0.1) is 0 Å². The number of halogens is 1. The zero-order valence-electron chi connectivity index (χ0n) is 15.7. The second-order valence-electron chi connectivity index (χ2n) is 7.55. The minimum absolute atomic E-state index is 0.459. The van der Waals surface area contributed by atoms with E-state index in [-0.39, 0.29) is 0 Å². The van der Waals surface area contributed by atoms with Gasteiger partial charge in [0.1, 0.15) is 27.7 Å². The first-order valence-corrected chi connectivity index (χ1v) is 12.8. The van der Waals surface area contributed by atoms with Crippen LogP contribution in [-0.2, 0) is 0 Å². The second-order valence-corrected chi connectivity index (χ2v) is 13.0. The van der Waals surface area contributed by atoms with Gasteiger partial charge in [0.15, 0.2) is 0 Å². The maximum atomic E-state index is 4.27. The molecule has 1 saturated carbocycles. The first-order valence-electron chi connectivity index (χ1n) is 10.0. The molecular formula is C25H27BrP+. The number of benzene rings is 3. The van der Waals surface area contributed by atoms with Gasteiger partial charge in [-0.15, -0.1) is 0 Å². The topological polar surface area (TPSA) is 0 Å². The number of hydrogen-bond donors (Lipinski definition) is 0. The van der Waals surface area contributed by atoms with E-state index >= 15 is 0 Å². The monoisotopic (exact) mass is 437 g/mol. The van der Waals surface area contributed by atoms with E-state index in [1.54, 1.807) is 0 Å². The lowest BCUT2D eigenvalue weighted by Gasteiger charge is -2.33. The zero-order chi connectivity index (χ0) is 18.5. The summed E-state index contributed by atoms with van der Waals surface area (Å²) in [6.07, 6.45) is 6.84. The molecule has 27 heavy (non-hydrogen) atoms. The van der Waals surface area contributed by atoms with Crippen LogP contribution in [-0.4, -0.2) is 4.57 Å². The number of rotatable bonds is 6. The maximum Gasteiger partial charge on any atom is 0.138 e. The minimum Gasteiger partial charge on any atom is -0.0620 e. The van der Waals surface area contributed by atoms with Crippen LogP contribution in [0, 0.1) is 5.92 Å². The SMILES string of the molecule is BrC(CC1CCCC1)[P+](c1ccccc1)(c1ccccc1)c1ccccc1. The number of hydrogen-bond acceptors (Lipinski definition) is 0. The fraction of sp³-hybridized carbons (Fsp3) is 0.280. The van der Waals surface area contributed by atoms with E-state index in [2.05, 4.69) is 107 Å². The summed E-state index contributed by atoms with van der Waals surface area (Å²) in [5.74, 6) is 0.852. The summed E-state index contributed by atoms with van der Waals surface area (Å²) in [7, 11) is -1.78. The molecule has 1 unspecified atom stereocenters. The largest absolute Gasteiger partial charge is 0.138 e. The predicted molar refractivity (Wildman–Crippen MR) is 124 cm³/mol. The lowest BCUT2D eigenvalue weighted by atomic mass is 10.1. The van der Waals surface area contributed by atoms with Crippen LogP contribution in [0.1, 0.15) is 32.1 Å². The molecular weight excluding hydrogens is 411 g/mol. The summed E-state index contributed by atoms with van der Waals surface area (Å²) in [4.78, 5) is 0. The average Bonchev–Trinajstić information content (AvgIpc) is 3.24. The van der Waals surface area contributed by atoms with Crippen LogP contribution in [0.5, 0.6) is 0 Å². The molecule has 0 N–H and O–H groups in total. The van der Waals surface area contributed by atoms with Crippen molar-refractivity contribution in [3.05, 3.63) is 91.0 Å². The van der Waals surface area contributed by atoms with E-state index < -0.39 is 7.26 Å². The van der Waals surface area contributed by atoms with Gasteiger partial charge in [0.2, 0.25) is 0 Å². The summed E-state index contributed by atoms with van der Waals surface area (Å²) in [5.41, 5.74) is 0. The van der Waals surface area contributed by atoms with Crippen molar-refractivity contribution in [2.75, 3.05) is 0 Å². The van der Waals surface area contributed by atoms with Gasteiger partial charge in [-0.1, -0.05) is 80.3 Å². The smallest absolute Gasteiger partial charge is 0.0620 e. The molecule has 1 fully saturated rings. The summed E-state index contributed by atoms with van der Waals surface area (Å²) in [6, 6.07) is 33.7. The predicted octanol–water partition coefficient (Wildman–Crippen LogP) is 6.28. The van der Waals surface area contributed by atoms with Gasteiger partial charge in [-0.2, -0.15) is 0 Å². The summed E-state index contributed by atoms with van der Waals surface area (Å²) in [5, 5.41) is 4.42. The molecule has 0 saturated heterocycles. The van der Waals surface area contributed by atoms with Crippen LogP contribution >= 0.6 is 23.2 Å². The van der Waals surface area contributed by atoms with Gasteiger partial charge in [-0.3, -0.25) is 0 Å². The quantitative estimate of drug-likeness (QED) is 0.314. The van der Waals surface area contributed by atoms with Crippen molar-refractivity contribution in [2.24, 2.45) is 5.92 Å². The molecule has 0 aromatic heterocycles. The summed E-state index contributed by atoms with van der Waals surface area (Å²) < 4.78 is 0.459. The normalized spacial score (nSPS) is 16.3. The highest BCUT2D eigenvalue weighted by Crippen LogP contribution is 2.63. The molecule has 0 bridgehead atoms. The molecule has 0 aliphatic heterocycles. The lowest BCUT2D eigenvalue weighted by molar-refractivity contribution is 0.527. The van der Waals surface area contributed by atoms with Crippen LogP contribution in [0.4, 0.5) is 0 Å². The maximum absolute atomic E-state index is 4.27. The molecule has 1 aliphatic rings. The van der Waals surface area contributed by atoms with Crippen molar-refractivity contribution in [3.63, 3.8) is 0 Å². The lowest BCUT2D eigenvalue weighted by Crippen LogP contribution is -2.37. The van der Waals surface area contributed by atoms with Gasteiger partial charge >= 0.3 is 0 Å². The Kier molecular flexibility index (Phi) is 6.11. The van der Waals surface area contributed by atoms with E-state index in [1.165, 1.54) is 48.0 Å². The van der Waals surface area contributed by atoms with Gasteiger partial charge in [0.25, 0.3) is 0 Å². The van der Waals surface area contributed by atoms with Gasteiger partial charge in [0, 0.05) is 0 Å². The molecule has 3 aromatic carbocycles. The Morgan fingerprint density at radius 1 is 0.667 bits per heavy atom. The Balaban J connectivity index is 1.91. The van der Waals surface area contributed by atoms with Gasteiger partial charge < -0.3 is 0 Å². The standard InChI is InChI=1S/C25H27BrP/c26-25(20-21-12-10-11-13-21)27(22-14-4-1-5-15-22,23-16-6-2-7-17-23)24-18-8-3-9-19-24/h1-9,14-19,21,25H,10-13,20H2/q+1. The van der Waals surface area contributed by atoms with Crippen LogP contribution < -0.4 is 15.9 Å². The molecule has 0 spiro atoms. The third kappa shape index (κ3) is 3.78. The molecule has 0 radical (unpaired) electrons. The summed E-state index contributed by atoms with van der Waals surface area (Å²) in [6.45, 7) is 0. The van der Waals surface area contributed by atoms with Crippen molar-refractivity contribution < 1.29 is 0 Å². The fourth-order valence-electron chi connectivity index (χ4n) is 4.60. The molecule has 1 aliphatic carbocycles. The van der Waals surface area contributed by atoms with Crippen molar-refractivity contribution >= 4 is 39.1 Å². The number of alkyl halides is 1. The molecule has 0 amide bonds. The first kappa shape index (κ1) is 18.9. The molecule has 138 valence electrons. The van der Waals surface area contributed by atoms with E-state index in [0.29, 0.717) is 4.57 Å². The Morgan fingerprint density at radius 3 is 1.41 bits per heavy atom.